The average Bonchev–Trinajstić information content (AvgIpc) is 2.29. The Bertz CT molecular complexity index is 562. The Kier molecular flexibility index (Phi) is 3.29. The summed E-state index contributed by atoms with van der Waals surface area (Å²) in [5.74, 6) is -1.05. The molecule has 0 radical (unpaired) electrons. The van der Waals surface area contributed by atoms with E-state index in [-0.39, 0.29) is 10.6 Å². The van der Waals surface area contributed by atoms with Gasteiger partial charge in [-0.05, 0) is 30.8 Å². The number of aryl methyl sites for hydroxylation is 1. The number of aromatic nitrogens is 4. The van der Waals surface area contributed by atoms with Gasteiger partial charge >= 0.3 is 5.97 Å². The molecule has 0 aliphatic rings. The molecular formula is C10H8N4O2S. The Labute approximate surface area is 101 Å². The van der Waals surface area contributed by atoms with Crippen LogP contribution in [-0.4, -0.2) is 31.2 Å². The van der Waals surface area contributed by atoms with Gasteiger partial charge < -0.3 is 5.11 Å². The van der Waals surface area contributed by atoms with E-state index in [1.54, 1.807) is 12.3 Å². The first kappa shape index (κ1) is 11.5. The predicted octanol–water partition coefficient (Wildman–Crippen LogP) is 1.42. The second kappa shape index (κ2) is 4.88. The van der Waals surface area contributed by atoms with Gasteiger partial charge in [0.25, 0.3) is 0 Å². The van der Waals surface area contributed by atoms with Gasteiger partial charge in [-0.3, -0.25) is 0 Å². The van der Waals surface area contributed by atoms with E-state index in [4.69, 9.17) is 5.11 Å². The summed E-state index contributed by atoms with van der Waals surface area (Å²) < 4.78 is 0. The molecule has 2 heterocycles. The van der Waals surface area contributed by atoms with Gasteiger partial charge in [0.2, 0.25) is 0 Å². The van der Waals surface area contributed by atoms with Crippen molar-refractivity contribution in [1.29, 1.82) is 0 Å². The zero-order valence-corrected chi connectivity index (χ0v) is 9.68. The number of carbonyl (C=O) groups is 1. The van der Waals surface area contributed by atoms with Crippen molar-refractivity contribution < 1.29 is 9.90 Å². The summed E-state index contributed by atoms with van der Waals surface area (Å²) in [4.78, 5) is 19.1. The molecule has 17 heavy (non-hydrogen) atoms. The summed E-state index contributed by atoms with van der Waals surface area (Å²) in [6, 6.07) is 3.16. The van der Waals surface area contributed by atoms with Crippen LogP contribution < -0.4 is 0 Å². The Morgan fingerprint density at radius 2 is 2.18 bits per heavy atom. The summed E-state index contributed by atoms with van der Waals surface area (Å²) in [5.41, 5.74) is 0.901. The zero-order valence-electron chi connectivity index (χ0n) is 8.86. The van der Waals surface area contributed by atoms with Crippen LogP contribution in [0.5, 0.6) is 0 Å². The molecular weight excluding hydrogens is 240 g/mol. The largest absolute Gasteiger partial charge is 0.478 e. The molecule has 0 saturated heterocycles. The summed E-state index contributed by atoms with van der Waals surface area (Å²) >= 11 is 1.08. The van der Waals surface area contributed by atoms with Crippen LogP contribution in [-0.2, 0) is 0 Å². The molecule has 0 aliphatic carbocycles. The molecule has 0 atom stereocenters. The molecule has 2 rings (SSSR count). The fraction of sp³-hybridized carbons (Fsp3) is 0.100. The molecule has 0 spiro atoms. The minimum absolute atomic E-state index is 0.0927. The van der Waals surface area contributed by atoms with Crippen LogP contribution in [0.3, 0.4) is 0 Å². The third-order valence-electron chi connectivity index (χ3n) is 1.88. The molecule has 0 saturated carbocycles. The van der Waals surface area contributed by atoms with Crippen molar-refractivity contribution >= 4 is 17.7 Å². The molecule has 0 bridgehead atoms. The molecule has 0 amide bonds. The highest BCUT2D eigenvalue weighted by atomic mass is 32.2. The Morgan fingerprint density at radius 1 is 1.35 bits per heavy atom. The van der Waals surface area contributed by atoms with Crippen LogP contribution in [0, 0.1) is 6.92 Å². The van der Waals surface area contributed by atoms with Crippen molar-refractivity contribution in [1.82, 2.24) is 20.2 Å². The third kappa shape index (κ3) is 2.76. The monoisotopic (exact) mass is 248 g/mol. The summed E-state index contributed by atoms with van der Waals surface area (Å²) in [7, 11) is 0. The fourth-order valence-electron chi connectivity index (χ4n) is 1.12. The fourth-order valence-corrected chi connectivity index (χ4v) is 1.95. The molecule has 2 aromatic heterocycles. The average molecular weight is 248 g/mol. The molecule has 0 aliphatic heterocycles. The SMILES string of the molecule is Cc1ccnc(Sc2nnccc2C(=O)O)n1. The van der Waals surface area contributed by atoms with Crippen molar-refractivity contribution in [3.05, 3.63) is 35.8 Å². The number of hydrogen-bond acceptors (Lipinski definition) is 6. The van der Waals surface area contributed by atoms with Gasteiger partial charge in [-0.1, -0.05) is 0 Å². The van der Waals surface area contributed by atoms with E-state index in [0.29, 0.717) is 5.16 Å². The summed E-state index contributed by atoms with van der Waals surface area (Å²) in [6.07, 6.45) is 2.95. The first-order valence-corrected chi connectivity index (χ1v) is 5.51. The van der Waals surface area contributed by atoms with Crippen LogP contribution in [0.15, 0.2) is 34.7 Å². The number of aromatic carboxylic acids is 1. The highest BCUT2D eigenvalue weighted by Crippen LogP contribution is 2.24. The highest BCUT2D eigenvalue weighted by Gasteiger charge is 2.13. The topological polar surface area (TPSA) is 88.9 Å². The maximum absolute atomic E-state index is 11.0. The first-order valence-electron chi connectivity index (χ1n) is 4.69. The predicted molar refractivity (Wildman–Crippen MR) is 59.9 cm³/mol. The summed E-state index contributed by atoms with van der Waals surface area (Å²) in [5, 5.41) is 17.1. The number of carboxylic acids is 1. The lowest BCUT2D eigenvalue weighted by Gasteiger charge is -2.02. The maximum atomic E-state index is 11.0. The van der Waals surface area contributed by atoms with Crippen molar-refractivity contribution in [2.24, 2.45) is 0 Å². The number of hydrogen-bond donors (Lipinski definition) is 1. The van der Waals surface area contributed by atoms with E-state index in [2.05, 4.69) is 20.2 Å². The Hall–Kier alpha value is -2.02. The van der Waals surface area contributed by atoms with Gasteiger partial charge in [-0.2, -0.15) is 5.10 Å². The van der Waals surface area contributed by atoms with E-state index in [0.717, 1.165) is 17.5 Å². The first-order chi connectivity index (χ1) is 8.16. The van der Waals surface area contributed by atoms with Gasteiger partial charge in [-0.15, -0.1) is 5.10 Å². The van der Waals surface area contributed by atoms with Crippen molar-refractivity contribution in [2.75, 3.05) is 0 Å². The van der Waals surface area contributed by atoms with E-state index >= 15 is 0 Å². The van der Waals surface area contributed by atoms with Crippen LogP contribution in [0.25, 0.3) is 0 Å². The standard InChI is InChI=1S/C10H8N4O2S/c1-6-2-4-11-10(13-6)17-8-7(9(15)16)3-5-12-14-8/h2-5H,1H3,(H,15,16). The van der Waals surface area contributed by atoms with Crippen LogP contribution >= 0.6 is 11.8 Å². The molecule has 0 unspecified atom stereocenters. The lowest BCUT2D eigenvalue weighted by atomic mass is 10.3. The van der Waals surface area contributed by atoms with E-state index in [1.807, 2.05) is 6.92 Å². The highest BCUT2D eigenvalue weighted by molar-refractivity contribution is 7.99. The maximum Gasteiger partial charge on any atom is 0.338 e. The summed E-state index contributed by atoms with van der Waals surface area (Å²) in [6.45, 7) is 1.83. The number of nitrogens with zero attached hydrogens (tertiary/aromatic N) is 4. The minimum atomic E-state index is -1.05. The quantitative estimate of drug-likeness (QED) is 0.821. The van der Waals surface area contributed by atoms with Gasteiger partial charge in [0.05, 0.1) is 11.8 Å². The van der Waals surface area contributed by atoms with Gasteiger partial charge in [0, 0.05) is 11.9 Å². The van der Waals surface area contributed by atoms with E-state index < -0.39 is 5.97 Å². The number of carboxylic acid groups (broad SMARTS) is 1. The second-order valence-electron chi connectivity index (χ2n) is 3.14. The van der Waals surface area contributed by atoms with Crippen LogP contribution in [0.4, 0.5) is 0 Å². The smallest absolute Gasteiger partial charge is 0.338 e. The molecule has 7 heteroatoms. The zero-order chi connectivity index (χ0) is 12.3. The lowest BCUT2D eigenvalue weighted by molar-refractivity contribution is 0.0692. The normalized spacial score (nSPS) is 10.2. The van der Waals surface area contributed by atoms with Gasteiger partial charge in [0.15, 0.2) is 5.16 Å². The van der Waals surface area contributed by atoms with Crippen molar-refractivity contribution in [3.8, 4) is 0 Å². The van der Waals surface area contributed by atoms with E-state index in [9.17, 15) is 4.79 Å². The molecule has 0 fully saturated rings. The third-order valence-corrected chi connectivity index (χ3v) is 2.75. The van der Waals surface area contributed by atoms with Crippen molar-refractivity contribution in [2.45, 2.75) is 17.1 Å². The van der Waals surface area contributed by atoms with Gasteiger partial charge in [-0.25, -0.2) is 14.8 Å². The van der Waals surface area contributed by atoms with Crippen molar-refractivity contribution in [3.63, 3.8) is 0 Å². The molecule has 2 aromatic rings. The Balaban J connectivity index is 2.33. The minimum Gasteiger partial charge on any atom is -0.478 e. The van der Waals surface area contributed by atoms with Gasteiger partial charge in [0.1, 0.15) is 5.03 Å². The molecule has 1 N–H and O–H groups in total. The molecule has 6 nitrogen and oxygen atoms in total. The molecule has 86 valence electrons. The second-order valence-corrected chi connectivity index (χ2v) is 4.09. The van der Waals surface area contributed by atoms with Crippen LogP contribution in [0.1, 0.15) is 16.1 Å². The molecule has 0 aromatic carbocycles. The van der Waals surface area contributed by atoms with Crippen LogP contribution in [0.2, 0.25) is 0 Å². The van der Waals surface area contributed by atoms with E-state index in [1.165, 1.54) is 12.3 Å². The Morgan fingerprint density at radius 3 is 2.88 bits per heavy atom. The lowest BCUT2D eigenvalue weighted by Crippen LogP contribution is -2.02. The number of rotatable bonds is 3.